The lowest BCUT2D eigenvalue weighted by molar-refractivity contribution is -0.119. The SMILES string of the molecule is CCC[C@H](CN(CC)CC1(O)CCN(C)CC1)N(C)C=O. The number of aliphatic hydroxyl groups is 1. The van der Waals surface area contributed by atoms with Gasteiger partial charge in [0.05, 0.1) is 5.60 Å². The van der Waals surface area contributed by atoms with Crippen molar-refractivity contribution in [3.63, 3.8) is 0 Å². The molecule has 21 heavy (non-hydrogen) atoms. The molecule has 1 fully saturated rings. The van der Waals surface area contributed by atoms with Gasteiger partial charge in [0.25, 0.3) is 0 Å². The van der Waals surface area contributed by atoms with Crippen LogP contribution in [0.3, 0.4) is 0 Å². The van der Waals surface area contributed by atoms with Crippen molar-refractivity contribution in [2.45, 2.75) is 51.2 Å². The number of carbonyl (C=O) groups excluding carboxylic acids is 1. The number of amides is 1. The van der Waals surface area contributed by atoms with Crippen molar-refractivity contribution in [3.05, 3.63) is 0 Å². The van der Waals surface area contributed by atoms with Crippen LogP contribution in [-0.2, 0) is 4.79 Å². The maximum Gasteiger partial charge on any atom is 0.209 e. The van der Waals surface area contributed by atoms with Gasteiger partial charge in [-0.25, -0.2) is 0 Å². The van der Waals surface area contributed by atoms with Crippen LogP contribution in [0.5, 0.6) is 0 Å². The first-order valence-electron chi connectivity index (χ1n) is 8.24. The summed E-state index contributed by atoms with van der Waals surface area (Å²) >= 11 is 0. The van der Waals surface area contributed by atoms with E-state index in [2.05, 4.69) is 30.7 Å². The minimum Gasteiger partial charge on any atom is -0.388 e. The molecule has 0 aliphatic carbocycles. The summed E-state index contributed by atoms with van der Waals surface area (Å²) in [5, 5.41) is 10.8. The van der Waals surface area contributed by atoms with Crippen LogP contribution in [0.2, 0.25) is 0 Å². The van der Waals surface area contributed by atoms with Crippen molar-refractivity contribution in [2.75, 3.05) is 46.8 Å². The predicted octanol–water partition coefficient (Wildman–Crippen LogP) is 1.02. The van der Waals surface area contributed by atoms with E-state index in [1.165, 1.54) is 0 Å². The van der Waals surface area contributed by atoms with Crippen LogP contribution in [0, 0.1) is 0 Å². The number of likely N-dealkylation sites (tertiary alicyclic amines) is 1. The highest BCUT2D eigenvalue weighted by molar-refractivity contribution is 5.47. The maximum absolute atomic E-state index is 11.0. The van der Waals surface area contributed by atoms with Crippen molar-refractivity contribution < 1.29 is 9.90 Å². The minimum atomic E-state index is -0.570. The molecule has 1 amide bonds. The Bertz CT molecular complexity index is 304. The van der Waals surface area contributed by atoms with Gasteiger partial charge >= 0.3 is 0 Å². The van der Waals surface area contributed by atoms with Crippen LogP contribution in [-0.4, -0.2) is 84.7 Å². The molecule has 1 aliphatic rings. The zero-order chi connectivity index (χ0) is 15.9. The number of likely N-dealkylation sites (N-methyl/N-ethyl adjacent to an activating group) is 2. The molecular formula is C16H33N3O2. The van der Waals surface area contributed by atoms with Crippen LogP contribution in [0.1, 0.15) is 39.5 Å². The molecule has 0 spiro atoms. The second-order valence-corrected chi connectivity index (χ2v) is 6.57. The summed E-state index contributed by atoms with van der Waals surface area (Å²) in [7, 11) is 3.96. The quantitative estimate of drug-likeness (QED) is 0.646. The van der Waals surface area contributed by atoms with E-state index in [4.69, 9.17) is 0 Å². The molecule has 1 aliphatic heterocycles. The predicted molar refractivity (Wildman–Crippen MR) is 86.3 cm³/mol. The summed E-state index contributed by atoms with van der Waals surface area (Å²) in [6.45, 7) is 8.66. The molecule has 5 heteroatoms. The molecular weight excluding hydrogens is 266 g/mol. The number of carbonyl (C=O) groups is 1. The highest BCUT2D eigenvalue weighted by Gasteiger charge is 2.33. The summed E-state index contributed by atoms with van der Waals surface area (Å²) in [5.41, 5.74) is -0.570. The normalized spacial score (nSPS) is 20.5. The van der Waals surface area contributed by atoms with E-state index in [9.17, 15) is 9.90 Å². The molecule has 0 radical (unpaired) electrons. The zero-order valence-corrected chi connectivity index (χ0v) is 14.2. The number of nitrogens with zero attached hydrogens (tertiary/aromatic N) is 3. The molecule has 0 aromatic carbocycles. The lowest BCUT2D eigenvalue weighted by atomic mass is 9.91. The lowest BCUT2D eigenvalue weighted by Crippen LogP contribution is -2.52. The monoisotopic (exact) mass is 299 g/mol. The summed E-state index contributed by atoms with van der Waals surface area (Å²) in [4.78, 5) is 17.4. The number of hydrogen-bond donors (Lipinski definition) is 1. The van der Waals surface area contributed by atoms with Gasteiger partial charge in [0.15, 0.2) is 0 Å². The van der Waals surface area contributed by atoms with Gasteiger partial charge < -0.3 is 14.9 Å². The summed E-state index contributed by atoms with van der Waals surface area (Å²) in [6, 6.07) is 0.238. The van der Waals surface area contributed by atoms with E-state index in [1.54, 1.807) is 4.90 Å². The van der Waals surface area contributed by atoms with E-state index < -0.39 is 5.60 Å². The molecule has 0 aromatic rings. The summed E-state index contributed by atoms with van der Waals surface area (Å²) in [6.07, 6.45) is 4.66. The van der Waals surface area contributed by atoms with Gasteiger partial charge in [0, 0.05) is 39.3 Å². The third-order valence-electron chi connectivity index (χ3n) is 4.72. The van der Waals surface area contributed by atoms with Gasteiger partial charge in [-0.1, -0.05) is 20.3 Å². The highest BCUT2D eigenvalue weighted by Crippen LogP contribution is 2.23. The zero-order valence-electron chi connectivity index (χ0n) is 14.2. The Morgan fingerprint density at radius 3 is 2.43 bits per heavy atom. The van der Waals surface area contributed by atoms with E-state index in [0.29, 0.717) is 6.54 Å². The van der Waals surface area contributed by atoms with Crippen molar-refractivity contribution in [3.8, 4) is 0 Å². The van der Waals surface area contributed by atoms with E-state index >= 15 is 0 Å². The Morgan fingerprint density at radius 2 is 1.95 bits per heavy atom. The van der Waals surface area contributed by atoms with Crippen LogP contribution in [0.25, 0.3) is 0 Å². The molecule has 1 saturated heterocycles. The first-order chi connectivity index (χ1) is 9.94. The van der Waals surface area contributed by atoms with Crippen molar-refractivity contribution in [1.82, 2.24) is 14.7 Å². The lowest BCUT2D eigenvalue weighted by Gasteiger charge is -2.41. The Labute approximate surface area is 129 Å². The molecule has 1 atom stereocenters. The molecule has 5 nitrogen and oxygen atoms in total. The van der Waals surface area contributed by atoms with Gasteiger partial charge in [-0.15, -0.1) is 0 Å². The fraction of sp³-hybridized carbons (Fsp3) is 0.938. The molecule has 0 saturated carbocycles. The first kappa shape index (κ1) is 18.4. The molecule has 1 heterocycles. The van der Waals surface area contributed by atoms with Crippen LogP contribution < -0.4 is 0 Å². The standard InChI is InChI=1S/C16H33N3O2/c1-5-7-15(18(4)14-20)12-19(6-2)13-16(21)8-10-17(3)11-9-16/h14-15,21H,5-13H2,1-4H3/t15-/m1/s1. The van der Waals surface area contributed by atoms with E-state index in [0.717, 1.165) is 58.3 Å². The third-order valence-corrected chi connectivity index (χ3v) is 4.72. The van der Waals surface area contributed by atoms with Crippen molar-refractivity contribution in [2.24, 2.45) is 0 Å². The van der Waals surface area contributed by atoms with Gasteiger partial charge in [-0.05, 0) is 32.9 Å². The topological polar surface area (TPSA) is 47.0 Å². The van der Waals surface area contributed by atoms with Crippen LogP contribution in [0.15, 0.2) is 0 Å². The average molecular weight is 299 g/mol. The average Bonchev–Trinajstić information content (AvgIpc) is 2.48. The van der Waals surface area contributed by atoms with Gasteiger partial charge in [0.1, 0.15) is 0 Å². The molecule has 0 unspecified atom stereocenters. The fourth-order valence-corrected chi connectivity index (χ4v) is 3.06. The Morgan fingerprint density at radius 1 is 1.33 bits per heavy atom. The molecule has 0 bridgehead atoms. The minimum absolute atomic E-state index is 0.238. The van der Waals surface area contributed by atoms with E-state index in [1.807, 2.05) is 7.05 Å². The largest absolute Gasteiger partial charge is 0.388 e. The molecule has 0 aromatic heterocycles. The number of rotatable bonds is 9. The number of piperidine rings is 1. The van der Waals surface area contributed by atoms with Crippen molar-refractivity contribution >= 4 is 6.41 Å². The molecule has 1 N–H and O–H groups in total. The fourth-order valence-electron chi connectivity index (χ4n) is 3.06. The second kappa shape index (κ2) is 8.71. The van der Waals surface area contributed by atoms with Crippen molar-refractivity contribution in [1.29, 1.82) is 0 Å². The third kappa shape index (κ3) is 5.93. The molecule has 1 rings (SSSR count). The van der Waals surface area contributed by atoms with E-state index in [-0.39, 0.29) is 6.04 Å². The Balaban J connectivity index is 2.58. The van der Waals surface area contributed by atoms with Crippen LogP contribution in [0.4, 0.5) is 0 Å². The summed E-state index contributed by atoms with van der Waals surface area (Å²) < 4.78 is 0. The van der Waals surface area contributed by atoms with Gasteiger partial charge in [-0.3, -0.25) is 9.69 Å². The maximum atomic E-state index is 11.0. The first-order valence-corrected chi connectivity index (χ1v) is 8.24. The van der Waals surface area contributed by atoms with Gasteiger partial charge in [0.2, 0.25) is 6.41 Å². The Kier molecular flexibility index (Phi) is 7.63. The summed E-state index contributed by atoms with van der Waals surface area (Å²) in [5.74, 6) is 0. The highest BCUT2D eigenvalue weighted by atomic mass is 16.3. The molecule has 124 valence electrons. The Hall–Kier alpha value is -0.650. The van der Waals surface area contributed by atoms with Gasteiger partial charge in [-0.2, -0.15) is 0 Å². The smallest absolute Gasteiger partial charge is 0.209 e. The second-order valence-electron chi connectivity index (χ2n) is 6.57. The van der Waals surface area contributed by atoms with Crippen LogP contribution >= 0.6 is 0 Å². The number of hydrogen-bond acceptors (Lipinski definition) is 4.